The van der Waals surface area contributed by atoms with Gasteiger partial charge in [-0.1, -0.05) is 46.0 Å². The van der Waals surface area contributed by atoms with Crippen LogP contribution in [-0.4, -0.2) is 25.2 Å². The fourth-order valence-corrected chi connectivity index (χ4v) is 5.64. The molecule has 0 amide bonds. The zero-order valence-electron chi connectivity index (χ0n) is 15.9. The lowest BCUT2D eigenvalue weighted by atomic mass is 9.45. The molecule has 4 atom stereocenters. The van der Waals surface area contributed by atoms with E-state index in [9.17, 15) is 0 Å². The van der Waals surface area contributed by atoms with Gasteiger partial charge in [0.2, 0.25) is 0 Å². The van der Waals surface area contributed by atoms with Crippen LogP contribution in [0, 0.1) is 23.2 Å². The molecule has 4 saturated carbocycles. The molecule has 0 aliphatic heterocycles. The van der Waals surface area contributed by atoms with Crippen molar-refractivity contribution >= 4 is 0 Å². The minimum Gasteiger partial charge on any atom is -0.313 e. The van der Waals surface area contributed by atoms with E-state index in [1.165, 1.54) is 70.8 Å². The standard InChI is InChI=1S/C21H40N2/c1-16(14-23-19-9-7-5-4-6-8-10-19)22-15-17-11-12-18-13-20(17)21(18,2)3/h16-20,22-23H,4-15H2,1-3H3/t16?,17-,18-,20-/m0/s1. The first kappa shape index (κ1) is 17.7. The van der Waals surface area contributed by atoms with Gasteiger partial charge in [0.05, 0.1) is 0 Å². The Morgan fingerprint density at radius 3 is 2.30 bits per heavy atom. The molecule has 0 aromatic rings. The van der Waals surface area contributed by atoms with Crippen molar-refractivity contribution in [2.75, 3.05) is 13.1 Å². The quantitative estimate of drug-likeness (QED) is 0.738. The van der Waals surface area contributed by atoms with Crippen molar-refractivity contribution in [1.29, 1.82) is 0 Å². The minimum atomic E-state index is 0.612. The Hall–Kier alpha value is -0.0800. The second kappa shape index (κ2) is 7.87. The van der Waals surface area contributed by atoms with Gasteiger partial charge >= 0.3 is 0 Å². The highest BCUT2D eigenvalue weighted by atomic mass is 15.0. The monoisotopic (exact) mass is 320 g/mol. The van der Waals surface area contributed by atoms with Crippen molar-refractivity contribution in [2.45, 2.75) is 97.1 Å². The molecular weight excluding hydrogens is 280 g/mol. The third-order valence-corrected chi connectivity index (χ3v) is 7.55. The van der Waals surface area contributed by atoms with Crippen LogP contribution >= 0.6 is 0 Å². The number of nitrogens with one attached hydrogen (secondary N) is 2. The minimum absolute atomic E-state index is 0.612. The first-order valence-corrected chi connectivity index (χ1v) is 10.5. The van der Waals surface area contributed by atoms with Gasteiger partial charge in [-0.15, -0.1) is 0 Å². The molecule has 2 heteroatoms. The molecule has 2 bridgehead atoms. The van der Waals surface area contributed by atoms with Gasteiger partial charge < -0.3 is 10.6 Å². The molecule has 0 radical (unpaired) electrons. The maximum atomic E-state index is 3.85. The highest BCUT2D eigenvalue weighted by Crippen LogP contribution is 2.61. The molecule has 4 aliphatic rings. The van der Waals surface area contributed by atoms with Gasteiger partial charge in [0, 0.05) is 18.6 Å². The van der Waals surface area contributed by atoms with E-state index < -0.39 is 0 Å². The predicted molar refractivity (Wildman–Crippen MR) is 99.7 cm³/mol. The number of rotatable bonds is 6. The van der Waals surface area contributed by atoms with Gasteiger partial charge in [-0.2, -0.15) is 0 Å². The van der Waals surface area contributed by atoms with Crippen LogP contribution in [0.15, 0.2) is 0 Å². The molecule has 0 aromatic heterocycles. The fourth-order valence-electron chi connectivity index (χ4n) is 5.64. The van der Waals surface area contributed by atoms with Crippen LogP contribution in [0.3, 0.4) is 0 Å². The number of hydrogen-bond acceptors (Lipinski definition) is 2. The van der Waals surface area contributed by atoms with Crippen molar-refractivity contribution < 1.29 is 0 Å². The van der Waals surface area contributed by atoms with E-state index in [0.29, 0.717) is 11.5 Å². The molecule has 0 aromatic carbocycles. The number of fused-ring (bicyclic) bond motifs is 2. The van der Waals surface area contributed by atoms with Crippen LogP contribution in [0.5, 0.6) is 0 Å². The van der Waals surface area contributed by atoms with Crippen LogP contribution in [-0.2, 0) is 0 Å². The predicted octanol–water partition coefficient (Wildman–Crippen LogP) is 4.74. The molecule has 0 spiro atoms. The maximum absolute atomic E-state index is 3.85. The Labute approximate surface area is 144 Å². The third kappa shape index (κ3) is 4.31. The fraction of sp³-hybridized carbons (Fsp3) is 1.00. The number of hydrogen-bond donors (Lipinski definition) is 2. The normalized spacial score (nSPS) is 35.9. The van der Waals surface area contributed by atoms with Crippen molar-refractivity contribution in [3.05, 3.63) is 0 Å². The summed E-state index contributed by atoms with van der Waals surface area (Å²) in [6, 6.07) is 1.39. The van der Waals surface area contributed by atoms with Gasteiger partial charge in [0.25, 0.3) is 0 Å². The van der Waals surface area contributed by atoms with Gasteiger partial charge in [-0.3, -0.25) is 0 Å². The summed E-state index contributed by atoms with van der Waals surface area (Å²) in [6.45, 7) is 9.78. The van der Waals surface area contributed by atoms with Crippen LogP contribution in [0.4, 0.5) is 0 Å². The summed E-state index contributed by atoms with van der Waals surface area (Å²) in [7, 11) is 0. The van der Waals surface area contributed by atoms with Gasteiger partial charge in [-0.05, 0) is 68.7 Å². The van der Waals surface area contributed by atoms with Crippen molar-refractivity contribution in [3.63, 3.8) is 0 Å². The van der Waals surface area contributed by atoms with Gasteiger partial charge in [0.1, 0.15) is 0 Å². The van der Waals surface area contributed by atoms with Crippen LogP contribution in [0.25, 0.3) is 0 Å². The summed E-state index contributed by atoms with van der Waals surface area (Å²) in [5.74, 6) is 2.94. The summed E-state index contributed by atoms with van der Waals surface area (Å²) in [5.41, 5.74) is 0.630. The zero-order chi connectivity index (χ0) is 16.3. The lowest BCUT2D eigenvalue weighted by molar-refractivity contribution is -0.104. The molecule has 1 unspecified atom stereocenters. The average molecular weight is 321 g/mol. The molecule has 0 heterocycles. The van der Waals surface area contributed by atoms with E-state index in [4.69, 9.17) is 0 Å². The topological polar surface area (TPSA) is 24.1 Å². The first-order valence-electron chi connectivity index (χ1n) is 10.5. The molecule has 134 valence electrons. The Morgan fingerprint density at radius 2 is 1.65 bits per heavy atom. The SMILES string of the molecule is CC(CNC1CCCCCCC1)NC[C@@H]1CC[C@H]2C[C@@H]1C2(C)C. The summed E-state index contributed by atoms with van der Waals surface area (Å²) in [5, 5.41) is 7.70. The highest BCUT2D eigenvalue weighted by molar-refractivity contribution is 5.03. The van der Waals surface area contributed by atoms with Crippen LogP contribution in [0.1, 0.15) is 85.0 Å². The van der Waals surface area contributed by atoms with Crippen LogP contribution in [0.2, 0.25) is 0 Å². The van der Waals surface area contributed by atoms with E-state index in [0.717, 1.165) is 30.3 Å². The van der Waals surface area contributed by atoms with E-state index in [2.05, 4.69) is 31.4 Å². The van der Waals surface area contributed by atoms with Crippen molar-refractivity contribution in [3.8, 4) is 0 Å². The van der Waals surface area contributed by atoms with Crippen LogP contribution < -0.4 is 10.6 Å². The summed E-state index contributed by atoms with van der Waals surface area (Å²) in [4.78, 5) is 0. The average Bonchev–Trinajstić information content (AvgIpc) is 2.51. The molecule has 2 nitrogen and oxygen atoms in total. The van der Waals surface area contributed by atoms with E-state index in [1.54, 1.807) is 0 Å². The molecule has 4 fully saturated rings. The Balaban J connectivity index is 1.34. The smallest absolute Gasteiger partial charge is 0.0164 e. The summed E-state index contributed by atoms with van der Waals surface area (Å²) >= 11 is 0. The first-order chi connectivity index (χ1) is 11.1. The Bertz CT molecular complexity index is 355. The molecular formula is C21H40N2. The highest BCUT2D eigenvalue weighted by Gasteiger charge is 2.53. The van der Waals surface area contributed by atoms with E-state index in [-0.39, 0.29) is 0 Å². The van der Waals surface area contributed by atoms with E-state index >= 15 is 0 Å². The largest absolute Gasteiger partial charge is 0.313 e. The van der Waals surface area contributed by atoms with Gasteiger partial charge in [-0.25, -0.2) is 0 Å². The van der Waals surface area contributed by atoms with E-state index in [1.807, 2.05) is 0 Å². The summed E-state index contributed by atoms with van der Waals surface area (Å²) < 4.78 is 0. The maximum Gasteiger partial charge on any atom is 0.0164 e. The Kier molecular flexibility index (Phi) is 6.07. The molecule has 2 N–H and O–H groups in total. The molecule has 23 heavy (non-hydrogen) atoms. The lowest BCUT2D eigenvalue weighted by Crippen LogP contribution is -2.55. The van der Waals surface area contributed by atoms with Gasteiger partial charge in [0.15, 0.2) is 0 Å². The second-order valence-electron chi connectivity index (χ2n) is 9.46. The lowest BCUT2D eigenvalue weighted by Gasteiger charge is -2.60. The summed E-state index contributed by atoms with van der Waals surface area (Å²) in [6.07, 6.45) is 14.5. The Morgan fingerprint density at radius 1 is 0.957 bits per heavy atom. The molecule has 0 saturated heterocycles. The molecule has 4 aliphatic carbocycles. The third-order valence-electron chi connectivity index (χ3n) is 7.55. The second-order valence-corrected chi connectivity index (χ2v) is 9.46. The zero-order valence-corrected chi connectivity index (χ0v) is 15.9. The van der Waals surface area contributed by atoms with Crippen molar-refractivity contribution in [1.82, 2.24) is 10.6 Å². The molecule has 4 rings (SSSR count). The van der Waals surface area contributed by atoms with Crippen molar-refractivity contribution in [2.24, 2.45) is 23.2 Å².